The smallest absolute Gasteiger partial charge is 0.189 e. The van der Waals surface area contributed by atoms with Gasteiger partial charge in [-0.3, -0.25) is 0 Å². The van der Waals surface area contributed by atoms with Gasteiger partial charge in [-0.1, -0.05) is 18.9 Å². The zero-order chi connectivity index (χ0) is 18.6. The number of hydrogen-bond donors (Lipinski definition) is 2. The Hall–Kier alpha value is -1.22. The lowest BCUT2D eigenvalue weighted by atomic mass is 9.60. The summed E-state index contributed by atoms with van der Waals surface area (Å²) in [5.74, 6) is 1.92. The van der Waals surface area contributed by atoms with Crippen LogP contribution in [-0.2, 0) is 11.3 Å². The normalized spacial score (nSPS) is 23.4. The van der Waals surface area contributed by atoms with Crippen LogP contribution in [0.5, 0.6) is 11.5 Å². The molecule has 0 aliphatic heterocycles. The summed E-state index contributed by atoms with van der Waals surface area (Å²) >= 11 is 0. The average Bonchev–Trinajstić information content (AvgIpc) is 3.18. The highest BCUT2D eigenvalue weighted by Gasteiger charge is 2.56. The number of nitrogens with two attached hydrogens (primary N) is 1. The maximum atomic E-state index is 6.17. The van der Waals surface area contributed by atoms with Gasteiger partial charge in [0, 0.05) is 18.1 Å². The molecule has 2 aliphatic carbocycles. The first-order valence-corrected chi connectivity index (χ1v) is 9.52. The maximum absolute atomic E-state index is 6.17. The highest BCUT2D eigenvalue weighted by molar-refractivity contribution is 14.0. The first kappa shape index (κ1) is 22.1. The van der Waals surface area contributed by atoms with Crippen molar-refractivity contribution in [3.8, 4) is 11.5 Å². The van der Waals surface area contributed by atoms with Crippen molar-refractivity contribution in [1.82, 2.24) is 5.32 Å². The summed E-state index contributed by atoms with van der Waals surface area (Å²) < 4.78 is 16.6. The van der Waals surface area contributed by atoms with Gasteiger partial charge in [0.15, 0.2) is 17.5 Å². The number of halogens is 1. The lowest BCUT2D eigenvalue weighted by molar-refractivity contribution is -0.125. The van der Waals surface area contributed by atoms with E-state index in [2.05, 4.69) is 17.2 Å². The number of nitrogens with one attached hydrogen (secondary N) is 1. The molecule has 0 radical (unpaired) electrons. The van der Waals surface area contributed by atoms with Crippen molar-refractivity contribution in [3.05, 3.63) is 23.8 Å². The molecule has 1 aromatic carbocycles. The molecule has 2 atom stereocenters. The zero-order valence-electron chi connectivity index (χ0n) is 16.5. The minimum absolute atomic E-state index is 0. The van der Waals surface area contributed by atoms with Crippen LogP contribution < -0.4 is 20.5 Å². The largest absolute Gasteiger partial charge is 0.493 e. The molecule has 6 nitrogen and oxygen atoms in total. The highest BCUT2D eigenvalue weighted by Crippen LogP contribution is 2.54. The molecule has 152 valence electrons. The molecule has 0 bridgehead atoms. The molecule has 27 heavy (non-hydrogen) atoms. The van der Waals surface area contributed by atoms with E-state index in [9.17, 15) is 0 Å². The lowest BCUT2D eigenvalue weighted by Crippen LogP contribution is -2.64. The first-order valence-electron chi connectivity index (χ1n) is 9.52. The number of rotatable bonds is 7. The van der Waals surface area contributed by atoms with Crippen molar-refractivity contribution in [2.75, 3.05) is 20.8 Å². The van der Waals surface area contributed by atoms with Crippen molar-refractivity contribution in [3.63, 3.8) is 0 Å². The number of aliphatic imine (C=N–C) groups is 1. The molecule has 0 amide bonds. The predicted octanol–water partition coefficient (Wildman–Crippen LogP) is 3.46. The Labute approximate surface area is 179 Å². The van der Waals surface area contributed by atoms with Crippen molar-refractivity contribution in [1.29, 1.82) is 0 Å². The Bertz CT molecular complexity index is 647. The summed E-state index contributed by atoms with van der Waals surface area (Å²) in [5, 5.41) is 3.45. The van der Waals surface area contributed by atoms with E-state index in [1.807, 2.05) is 18.2 Å². The van der Waals surface area contributed by atoms with Gasteiger partial charge in [0.2, 0.25) is 0 Å². The minimum atomic E-state index is 0. The Morgan fingerprint density at radius 2 is 1.93 bits per heavy atom. The molecule has 3 N–H and O–H groups in total. The van der Waals surface area contributed by atoms with Gasteiger partial charge in [0.1, 0.15) is 0 Å². The molecule has 7 heteroatoms. The molecule has 3 rings (SSSR count). The van der Waals surface area contributed by atoms with E-state index in [1.54, 1.807) is 14.2 Å². The average molecular weight is 489 g/mol. The van der Waals surface area contributed by atoms with Gasteiger partial charge in [-0.15, -0.1) is 24.0 Å². The van der Waals surface area contributed by atoms with Crippen LogP contribution in [-0.4, -0.2) is 38.9 Å². The van der Waals surface area contributed by atoms with E-state index in [0.717, 1.165) is 18.6 Å². The van der Waals surface area contributed by atoms with Gasteiger partial charge < -0.3 is 25.3 Å². The SMILES string of the molecule is CCOC1CC(NC(N)=NCc2ccc(OC)c(OC)c2)C12CCCC2.I. The lowest BCUT2D eigenvalue weighted by Gasteiger charge is -2.54. The van der Waals surface area contributed by atoms with Crippen molar-refractivity contribution in [2.24, 2.45) is 16.1 Å². The first-order chi connectivity index (χ1) is 12.6. The van der Waals surface area contributed by atoms with E-state index < -0.39 is 0 Å². The van der Waals surface area contributed by atoms with Crippen molar-refractivity contribution >= 4 is 29.9 Å². The fraction of sp³-hybridized carbons (Fsp3) is 0.650. The van der Waals surface area contributed by atoms with Crippen LogP contribution in [0.25, 0.3) is 0 Å². The quantitative estimate of drug-likeness (QED) is 0.349. The number of guanidine groups is 1. The van der Waals surface area contributed by atoms with Crippen LogP contribution in [0.2, 0.25) is 0 Å². The standard InChI is InChI=1S/C20H31N3O3.HI/c1-4-26-18-12-17(20(18)9-5-6-10-20)23-19(21)22-13-14-7-8-15(24-2)16(11-14)25-3;/h7-8,11,17-18H,4-6,9-10,12-13H2,1-3H3,(H3,21,22,23);1H. The Kier molecular flexibility index (Phi) is 8.03. The molecular formula is C20H32IN3O3. The maximum Gasteiger partial charge on any atom is 0.189 e. The van der Waals surface area contributed by atoms with Gasteiger partial charge in [-0.2, -0.15) is 0 Å². The fourth-order valence-corrected chi connectivity index (χ4v) is 4.47. The van der Waals surface area contributed by atoms with E-state index in [-0.39, 0.29) is 29.4 Å². The molecular weight excluding hydrogens is 457 g/mol. The molecule has 1 spiro atoms. The molecule has 2 saturated carbocycles. The number of hydrogen-bond acceptors (Lipinski definition) is 4. The number of methoxy groups -OCH3 is 2. The van der Waals surface area contributed by atoms with E-state index >= 15 is 0 Å². The van der Waals surface area contributed by atoms with Gasteiger partial charge in [0.05, 0.1) is 26.9 Å². The highest BCUT2D eigenvalue weighted by atomic mass is 127. The zero-order valence-corrected chi connectivity index (χ0v) is 18.8. The van der Waals surface area contributed by atoms with Crippen molar-refractivity contribution < 1.29 is 14.2 Å². The minimum Gasteiger partial charge on any atom is -0.493 e. The summed E-state index contributed by atoms with van der Waals surface area (Å²) in [6.45, 7) is 3.36. The summed E-state index contributed by atoms with van der Waals surface area (Å²) in [4.78, 5) is 4.52. The van der Waals surface area contributed by atoms with Crippen LogP contribution in [0, 0.1) is 5.41 Å². The van der Waals surface area contributed by atoms with E-state index in [1.165, 1.54) is 25.7 Å². The second-order valence-corrected chi connectivity index (χ2v) is 7.21. The van der Waals surface area contributed by atoms with Crippen LogP contribution >= 0.6 is 24.0 Å². The fourth-order valence-electron chi connectivity index (χ4n) is 4.47. The van der Waals surface area contributed by atoms with Crippen molar-refractivity contribution in [2.45, 2.75) is 57.7 Å². The molecule has 1 aromatic rings. The second kappa shape index (κ2) is 9.82. The van der Waals surface area contributed by atoms with E-state index in [0.29, 0.717) is 36.1 Å². The monoisotopic (exact) mass is 489 g/mol. The van der Waals surface area contributed by atoms with Crippen LogP contribution in [0.15, 0.2) is 23.2 Å². The number of benzene rings is 1. The van der Waals surface area contributed by atoms with Gasteiger partial charge >= 0.3 is 0 Å². The topological polar surface area (TPSA) is 78.1 Å². The third-order valence-electron chi connectivity index (χ3n) is 5.89. The summed E-state index contributed by atoms with van der Waals surface area (Å²) in [7, 11) is 3.26. The third-order valence-corrected chi connectivity index (χ3v) is 5.89. The number of nitrogens with zero attached hydrogens (tertiary/aromatic N) is 1. The third kappa shape index (κ3) is 4.62. The molecule has 2 fully saturated rings. The van der Waals surface area contributed by atoms with Crippen LogP contribution in [0.4, 0.5) is 0 Å². The number of ether oxygens (including phenoxy) is 3. The predicted molar refractivity (Wildman–Crippen MR) is 118 cm³/mol. The van der Waals surface area contributed by atoms with Crippen LogP contribution in [0.1, 0.15) is 44.6 Å². The molecule has 2 unspecified atom stereocenters. The van der Waals surface area contributed by atoms with Crippen LogP contribution in [0.3, 0.4) is 0 Å². The Morgan fingerprint density at radius 3 is 2.56 bits per heavy atom. The second-order valence-electron chi connectivity index (χ2n) is 7.21. The Balaban J connectivity index is 0.00000261. The van der Waals surface area contributed by atoms with Gasteiger partial charge in [-0.25, -0.2) is 4.99 Å². The molecule has 0 aromatic heterocycles. The summed E-state index contributed by atoms with van der Waals surface area (Å²) in [6.07, 6.45) is 6.39. The van der Waals surface area contributed by atoms with Gasteiger partial charge in [-0.05, 0) is 43.9 Å². The molecule has 0 saturated heterocycles. The summed E-state index contributed by atoms with van der Waals surface area (Å²) in [5.41, 5.74) is 7.45. The Morgan fingerprint density at radius 1 is 1.22 bits per heavy atom. The van der Waals surface area contributed by atoms with E-state index in [4.69, 9.17) is 19.9 Å². The molecule has 0 heterocycles. The molecule has 2 aliphatic rings. The van der Waals surface area contributed by atoms with Gasteiger partial charge in [0.25, 0.3) is 0 Å². The summed E-state index contributed by atoms with van der Waals surface area (Å²) in [6, 6.07) is 6.17.